The number of nitrogens with one attached hydrogen (secondary N) is 1. The number of rotatable bonds is 41. The number of phosphoric acid groups is 1. The fourth-order valence-electron chi connectivity index (χ4n) is 6.28. The number of carbonyl (C=O) groups is 1. The smallest absolute Gasteiger partial charge is 0.268 e. The van der Waals surface area contributed by atoms with Gasteiger partial charge in [0.2, 0.25) is 5.91 Å². The lowest BCUT2D eigenvalue weighted by Crippen LogP contribution is -2.46. The number of allylic oxidation sites excluding steroid dienone is 12. The SMILES string of the molecule is CC/C=C\C/C=C\C/C=C\C/C=C\C/C=C\C/C=C\CCCCCCCCCCCCCCCCC(=O)NC(COP(=O)([O-])OCC[N+](C)(C)C)C(O)CCCCC. The van der Waals surface area contributed by atoms with Gasteiger partial charge in [0.25, 0.3) is 7.82 Å². The molecular formula is C49H89N2O6P. The summed E-state index contributed by atoms with van der Waals surface area (Å²) in [6.07, 6.45) is 54.4. The molecule has 0 saturated heterocycles. The van der Waals surface area contributed by atoms with Crippen molar-refractivity contribution < 1.29 is 32.9 Å². The van der Waals surface area contributed by atoms with Crippen molar-refractivity contribution in [3.63, 3.8) is 0 Å². The van der Waals surface area contributed by atoms with Crippen LogP contribution in [0.4, 0.5) is 0 Å². The highest BCUT2D eigenvalue weighted by molar-refractivity contribution is 7.45. The predicted molar refractivity (Wildman–Crippen MR) is 247 cm³/mol. The van der Waals surface area contributed by atoms with Gasteiger partial charge < -0.3 is 28.8 Å². The van der Waals surface area contributed by atoms with Gasteiger partial charge in [-0.25, -0.2) is 0 Å². The number of quaternary nitrogens is 1. The Bertz CT molecular complexity index is 1170. The maximum atomic E-state index is 12.7. The maximum absolute atomic E-state index is 12.7. The third kappa shape index (κ3) is 42.1. The van der Waals surface area contributed by atoms with E-state index >= 15 is 0 Å². The number of nitrogens with zero attached hydrogens (tertiary/aromatic N) is 1. The quantitative estimate of drug-likeness (QED) is 0.0275. The number of hydrogen-bond donors (Lipinski definition) is 2. The van der Waals surface area contributed by atoms with Gasteiger partial charge in [-0.3, -0.25) is 9.36 Å². The van der Waals surface area contributed by atoms with Crippen molar-refractivity contribution in [3.8, 4) is 0 Å². The van der Waals surface area contributed by atoms with Crippen molar-refractivity contribution in [2.24, 2.45) is 0 Å². The monoisotopic (exact) mass is 833 g/mol. The Kier molecular flexibility index (Phi) is 38.9. The molecule has 58 heavy (non-hydrogen) atoms. The van der Waals surface area contributed by atoms with Crippen LogP contribution < -0.4 is 10.2 Å². The largest absolute Gasteiger partial charge is 0.756 e. The number of amides is 1. The molecule has 0 heterocycles. The van der Waals surface area contributed by atoms with E-state index in [1.54, 1.807) is 0 Å². The van der Waals surface area contributed by atoms with Crippen LogP contribution in [-0.2, 0) is 18.4 Å². The van der Waals surface area contributed by atoms with E-state index in [1.807, 2.05) is 21.1 Å². The van der Waals surface area contributed by atoms with E-state index in [0.29, 0.717) is 23.9 Å². The molecule has 3 unspecified atom stereocenters. The normalized spacial score (nSPS) is 14.9. The van der Waals surface area contributed by atoms with E-state index in [2.05, 4.69) is 92.1 Å². The van der Waals surface area contributed by atoms with E-state index in [-0.39, 0.29) is 19.1 Å². The number of unbranched alkanes of at least 4 members (excludes halogenated alkanes) is 16. The molecule has 0 aromatic heterocycles. The average molecular weight is 833 g/mol. The van der Waals surface area contributed by atoms with E-state index in [1.165, 1.54) is 77.0 Å². The number of aliphatic hydroxyl groups excluding tert-OH is 1. The second-order valence-electron chi connectivity index (χ2n) is 16.7. The second-order valence-corrected chi connectivity index (χ2v) is 18.1. The molecule has 0 aliphatic carbocycles. The van der Waals surface area contributed by atoms with Gasteiger partial charge >= 0.3 is 0 Å². The Hall–Kier alpha value is -2.06. The fourth-order valence-corrected chi connectivity index (χ4v) is 7.00. The Morgan fingerprint density at radius 2 is 1.05 bits per heavy atom. The highest BCUT2D eigenvalue weighted by Crippen LogP contribution is 2.38. The summed E-state index contributed by atoms with van der Waals surface area (Å²) in [6, 6.07) is -0.798. The fraction of sp³-hybridized carbons (Fsp3) is 0.735. The summed E-state index contributed by atoms with van der Waals surface area (Å²) in [6.45, 7) is 4.42. The van der Waals surface area contributed by atoms with Gasteiger partial charge in [-0.1, -0.05) is 183 Å². The van der Waals surface area contributed by atoms with Crippen molar-refractivity contribution in [2.75, 3.05) is 40.9 Å². The molecule has 0 radical (unpaired) electrons. The second kappa shape index (κ2) is 40.4. The Labute approximate surface area is 357 Å². The standard InChI is InChI=1S/C49H89N2O6P/c1-6-8-10-11-12-13-14-15-16-17-18-19-20-21-22-23-24-25-26-27-28-29-30-31-32-33-34-35-36-37-38-39-41-43-49(53)50-47(48(52)42-40-9-7-2)46-57-58(54,55)56-45-44-51(3,4)5/h8,10,12-13,15-16,18-19,21-22,24-25,47-48,52H,6-7,9,11,14,17,20,23,26-46H2,1-5H3,(H-,50,53,54,55)/b10-8-,13-12-,16-15-,19-18-,22-21-,25-24-. The zero-order valence-electron chi connectivity index (χ0n) is 38.0. The molecule has 0 aromatic carbocycles. The highest BCUT2D eigenvalue weighted by atomic mass is 31.2. The molecule has 2 N–H and O–H groups in total. The zero-order valence-corrected chi connectivity index (χ0v) is 38.9. The van der Waals surface area contributed by atoms with Crippen LogP contribution >= 0.6 is 7.82 Å². The first kappa shape index (κ1) is 55.9. The molecule has 3 atom stereocenters. The van der Waals surface area contributed by atoms with Crippen LogP contribution in [-0.4, -0.2) is 68.5 Å². The molecule has 0 saturated carbocycles. The molecule has 0 bridgehead atoms. The van der Waals surface area contributed by atoms with Crippen molar-refractivity contribution >= 4 is 13.7 Å². The number of phosphoric ester groups is 1. The first-order valence-electron chi connectivity index (χ1n) is 23.3. The van der Waals surface area contributed by atoms with Crippen molar-refractivity contribution in [3.05, 3.63) is 72.9 Å². The lowest BCUT2D eigenvalue weighted by atomic mass is 10.0. The molecule has 336 valence electrons. The van der Waals surface area contributed by atoms with Gasteiger partial charge in [-0.15, -0.1) is 0 Å². The molecule has 0 aliphatic rings. The summed E-state index contributed by atoms with van der Waals surface area (Å²) >= 11 is 0. The van der Waals surface area contributed by atoms with Crippen molar-refractivity contribution in [1.82, 2.24) is 5.32 Å². The van der Waals surface area contributed by atoms with Gasteiger partial charge in [-0.2, -0.15) is 0 Å². The first-order chi connectivity index (χ1) is 28.0. The topological polar surface area (TPSA) is 108 Å². The van der Waals surface area contributed by atoms with Crippen molar-refractivity contribution in [1.29, 1.82) is 0 Å². The third-order valence-electron chi connectivity index (χ3n) is 9.96. The highest BCUT2D eigenvalue weighted by Gasteiger charge is 2.24. The van der Waals surface area contributed by atoms with Gasteiger partial charge in [-0.05, 0) is 64.2 Å². The minimum absolute atomic E-state index is 0.00803. The molecule has 0 spiro atoms. The minimum atomic E-state index is -4.54. The molecule has 1 amide bonds. The molecule has 0 aliphatic heterocycles. The number of aliphatic hydroxyl groups is 1. The molecular weight excluding hydrogens is 744 g/mol. The molecule has 0 aromatic rings. The van der Waals surface area contributed by atoms with Gasteiger partial charge in [0, 0.05) is 6.42 Å². The number of hydrogen-bond acceptors (Lipinski definition) is 6. The van der Waals surface area contributed by atoms with Crippen LogP contribution in [0.5, 0.6) is 0 Å². The lowest BCUT2D eigenvalue weighted by molar-refractivity contribution is -0.870. The van der Waals surface area contributed by atoms with E-state index in [4.69, 9.17) is 9.05 Å². The van der Waals surface area contributed by atoms with E-state index < -0.39 is 20.0 Å². The van der Waals surface area contributed by atoms with Crippen LogP contribution in [0.15, 0.2) is 72.9 Å². The average Bonchev–Trinajstić information content (AvgIpc) is 3.17. The van der Waals surface area contributed by atoms with Gasteiger partial charge in [0.05, 0.1) is 39.9 Å². The molecule has 9 heteroatoms. The van der Waals surface area contributed by atoms with Crippen LogP contribution in [0.2, 0.25) is 0 Å². The number of carbonyl (C=O) groups excluding carboxylic acids is 1. The van der Waals surface area contributed by atoms with Crippen LogP contribution in [0, 0.1) is 0 Å². The van der Waals surface area contributed by atoms with Crippen molar-refractivity contribution in [2.45, 2.75) is 193 Å². The Morgan fingerprint density at radius 1 is 0.621 bits per heavy atom. The van der Waals surface area contributed by atoms with E-state index in [0.717, 1.165) is 77.0 Å². The van der Waals surface area contributed by atoms with Gasteiger partial charge in [0.1, 0.15) is 13.2 Å². The third-order valence-corrected chi connectivity index (χ3v) is 10.9. The Morgan fingerprint density at radius 3 is 1.50 bits per heavy atom. The number of likely N-dealkylation sites (N-methyl/N-ethyl adjacent to an activating group) is 1. The summed E-state index contributed by atoms with van der Waals surface area (Å²) in [5.74, 6) is -0.181. The first-order valence-corrected chi connectivity index (χ1v) is 24.7. The maximum Gasteiger partial charge on any atom is 0.268 e. The summed E-state index contributed by atoms with van der Waals surface area (Å²) < 4.78 is 22.9. The zero-order chi connectivity index (χ0) is 42.8. The molecule has 0 rings (SSSR count). The van der Waals surface area contributed by atoms with E-state index in [9.17, 15) is 19.4 Å². The lowest BCUT2D eigenvalue weighted by Gasteiger charge is -2.30. The molecule has 0 fully saturated rings. The predicted octanol–water partition coefficient (Wildman–Crippen LogP) is 12.6. The van der Waals surface area contributed by atoms with Crippen LogP contribution in [0.1, 0.15) is 181 Å². The minimum Gasteiger partial charge on any atom is -0.756 e. The summed E-state index contributed by atoms with van der Waals surface area (Å²) in [5, 5.41) is 13.6. The molecule has 8 nitrogen and oxygen atoms in total. The summed E-state index contributed by atoms with van der Waals surface area (Å²) in [4.78, 5) is 25.0. The van der Waals surface area contributed by atoms with Gasteiger partial charge in [0.15, 0.2) is 0 Å². The summed E-state index contributed by atoms with van der Waals surface area (Å²) in [7, 11) is 1.29. The Balaban J connectivity index is 3.81. The van der Waals surface area contributed by atoms with Crippen LogP contribution in [0.25, 0.3) is 0 Å². The summed E-state index contributed by atoms with van der Waals surface area (Å²) in [5.41, 5.74) is 0. The van der Waals surface area contributed by atoms with Crippen LogP contribution in [0.3, 0.4) is 0 Å².